The highest BCUT2D eigenvalue weighted by atomic mass is 32.1. The Bertz CT molecular complexity index is 522. The van der Waals surface area contributed by atoms with Crippen LogP contribution in [-0.4, -0.2) is 27.5 Å². The van der Waals surface area contributed by atoms with Gasteiger partial charge in [-0.2, -0.15) is 0 Å². The maximum Gasteiger partial charge on any atom is 0.252 e. The molecule has 1 aromatic rings. The topological polar surface area (TPSA) is 75.0 Å². The molecule has 0 amide bonds. The molecule has 1 heterocycles. The number of aromatic nitrogens is 2. The molecule has 1 saturated carbocycles. The highest BCUT2D eigenvalue weighted by Crippen LogP contribution is 2.30. The second-order valence-corrected chi connectivity index (χ2v) is 5.81. The lowest BCUT2D eigenvalue weighted by atomic mass is 10.2. The number of rotatable bonds is 6. The molecule has 0 aromatic carbocycles. The van der Waals surface area contributed by atoms with Gasteiger partial charge in [0.25, 0.3) is 5.56 Å². The van der Waals surface area contributed by atoms with Crippen molar-refractivity contribution in [1.29, 1.82) is 0 Å². The van der Waals surface area contributed by atoms with Gasteiger partial charge < -0.3 is 15.6 Å². The summed E-state index contributed by atoms with van der Waals surface area (Å²) in [6.07, 6.45) is 2.93. The molecule has 0 saturated heterocycles. The predicted molar refractivity (Wildman–Crippen MR) is 80.7 cm³/mol. The molecule has 0 unspecified atom stereocenters. The van der Waals surface area contributed by atoms with E-state index in [-0.39, 0.29) is 11.5 Å². The van der Waals surface area contributed by atoms with Crippen LogP contribution in [0.25, 0.3) is 0 Å². The van der Waals surface area contributed by atoms with E-state index in [0.717, 1.165) is 31.0 Å². The van der Waals surface area contributed by atoms with Crippen LogP contribution < -0.4 is 16.2 Å². The van der Waals surface area contributed by atoms with Gasteiger partial charge >= 0.3 is 0 Å². The molecule has 1 fully saturated rings. The van der Waals surface area contributed by atoms with Crippen molar-refractivity contribution in [3.63, 3.8) is 0 Å². The first-order chi connectivity index (χ1) is 8.97. The number of nitrogens with zero attached hydrogens (tertiary/aromatic N) is 2. The monoisotopic (exact) mass is 280 g/mol. The van der Waals surface area contributed by atoms with E-state index in [9.17, 15) is 4.79 Å². The summed E-state index contributed by atoms with van der Waals surface area (Å²) >= 11 is 4.93. The molecule has 1 aromatic heterocycles. The van der Waals surface area contributed by atoms with Gasteiger partial charge in [0.05, 0.1) is 4.99 Å². The van der Waals surface area contributed by atoms with Gasteiger partial charge in [0.2, 0.25) is 0 Å². The number of nitrogens with one attached hydrogen (secondary N) is 1. The van der Waals surface area contributed by atoms with Crippen molar-refractivity contribution in [1.82, 2.24) is 9.97 Å². The minimum atomic E-state index is -0.102. The standard InChI is InChI=1S/C13H20N4OS/c1-8(2)13-15-11(7-12(18)16-13)17(9-3-4-9)6-5-10(14)19/h7-9H,3-6H2,1-2H3,(H2,14,19)(H,15,16,18). The van der Waals surface area contributed by atoms with Gasteiger partial charge in [0, 0.05) is 31.0 Å². The van der Waals surface area contributed by atoms with Crippen molar-refractivity contribution in [2.45, 2.75) is 45.1 Å². The van der Waals surface area contributed by atoms with E-state index < -0.39 is 0 Å². The predicted octanol–water partition coefficient (Wildman–Crippen LogP) is 1.54. The van der Waals surface area contributed by atoms with Crippen LogP contribution >= 0.6 is 12.2 Å². The molecule has 19 heavy (non-hydrogen) atoms. The molecule has 104 valence electrons. The number of aromatic amines is 1. The number of nitrogens with two attached hydrogens (primary N) is 1. The molecule has 2 rings (SSSR count). The van der Waals surface area contributed by atoms with Crippen molar-refractivity contribution in [3.8, 4) is 0 Å². The van der Waals surface area contributed by atoms with Gasteiger partial charge in [-0.15, -0.1) is 0 Å². The first kappa shape index (κ1) is 14.0. The smallest absolute Gasteiger partial charge is 0.252 e. The van der Waals surface area contributed by atoms with Crippen LogP contribution in [-0.2, 0) is 0 Å². The maximum absolute atomic E-state index is 11.7. The number of anilines is 1. The van der Waals surface area contributed by atoms with E-state index >= 15 is 0 Å². The molecule has 1 aliphatic rings. The largest absolute Gasteiger partial charge is 0.393 e. The molecule has 1 aliphatic carbocycles. The SMILES string of the molecule is CC(C)c1nc(N(CCC(N)=S)C2CC2)cc(=O)[nH]1. The fourth-order valence-corrected chi connectivity index (χ4v) is 2.08. The van der Waals surface area contributed by atoms with Gasteiger partial charge in [-0.25, -0.2) is 4.98 Å². The first-order valence-corrected chi connectivity index (χ1v) is 7.04. The lowest BCUT2D eigenvalue weighted by molar-refractivity contribution is 0.733. The van der Waals surface area contributed by atoms with Crippen LogP contribution in [0.5, 0.6) is 0 Å². The number of H-pyrrole nitrogens is 1. The molecule has 0 spiro atoms. The highest BCUT2D eigenvalue weighted by Gasteiger charge is 2.30. The number of hydrogen-bond donors (Lipinski definition) is 2. The summed E-state index contributed by atoms with van der Waals surface area (Å²) in [4.78, 5) is 21.7. The normalized spacial score (nSPS) is 14.7. The van der Waals surface area contributed by atoms with Crippen molar-refractivity contribution in [2.75, 3.05) is 11.4 Å². The average Bonchev–Trinajstić information content (AvgIpc) is 3.12. The number of hydrogen-bond acceptors (Lipinski definition) is 4. The van der Waals surface area contributed by atoms with E-state index in [0.29, 0.717) is 17.5 Å². The van der Waals surface area contributed by atoms with Gasteiger partial charge in [0.1, 0.15) is 11.6 Å². The second kappa shape index (κ2) is 5.69. The number of thiocarbonyl (C=S) groups is 1. The Labute approximate surface area is 118 Å². The zero-order valence-corrected chi connectivity index (χ0v) is 12.2. The van der Waals surface area contributed by atoms with Crippen molar-refractivity contribution in [2.24, 2.45) is 5.73 Å². The molecule has 0 radical (unpaired) electrons. The molecular weight excluding hydrogens is 260 g/mol. The molecule has 5 nitrogen and oxygen atoms in total. The Morgan fingerprint density at radius 3 is 2.84 bits per heavy atom. The van der Waals surface area contributed by atoms with E-state index in [2.05, 4.69) is 14.9 Å². The van der Waals surface area contributed by atoms with Crippen LogP contribution in [0.1, 0.15) is 44.9 Å². The van der Waals surface area contributed by atoms with E-state index in [1.807, 2.05) is 13.8 Å². The maximum atomic E-state index is 11.7. The van der Waals surface area contributed by atoms with Crippen molar-refractivity contribution in [3.05, 3.63) is 22.2 Å². The van der Waals surface area contributed by atoms with Crippen LogP contribution in [0.3, 0.4) is 0 Å². The Balaban J connectivity index is 2.25. The Kier molecular flexibility index (Phi) is 4.19. The Morgan fingerprint density at radius 1 is 1.63 bits per heavy atom. The van der Waals surface area contributed by atoms with Gasteiger partial charge in [0.15, 0.2) is 0 Å². The summed E-state index contributed by atoms with van der Waals surface area (Å²) in [5.74, 6) is 1.67. The van der Waals surface area contributed by atoms with Crippen molar-refractivity contribution >= 4 is 23.0 Å². The third-order valence-corrected chi connectivity index (χ3v) is 3.38. The van der Waals surface area contributed by atoms with E-state index in [1.165, 1.54) is 0 Å². The average molecular weight is 280 g/mol. The molecule has 3 N–H and O–H groups in total. The van der Waals surface area contributed by atoms with Crippen molar-refractivity contribution < 1.29 is 0 Å². The first-order valence-electron chi connectivity index (χ1n) is 6.63. The van der Waals surface area contributed by atoms with Gasteiger partial charge in [-0.05, 0) is 12.8 Å². The lowest BCUT2D eigenvalue weighted by Crippen LogP contribution is -2.32. The molecule has 0 bridgehead atoms. The van der Waals surface area contributed by atoms with Crippen LogP contribution in [0.15, 0.2) is 10.9 Å². The zero-order valence-electron chi connectivity index (χ0n) is 11.3. The fraction of sp³-hybridized carbons (Fsp3) is 0.615. The fourth-order valence-electron chi connectivity index (χ4n) is 1.98. The second-order valence-electron chi connectivity index (χ2n) is 5.28. The summed E-state index contributed by atoms with van der Waals surface area (Å²) in [5.41, 5.74) is 5.46. The van der Waals surface area contributed by atoms with Gasteiger partial charge in [-0.1, -0.05) is 26.1 Å². The summed E-state index contributed by atoms with van der Waals surface area (Å²) in [6, 6.07) is 2.03. The van der Waals surface area contributed by atoms with Gasteiger partial charge in [-0.3, -0.25) is 4.79 Å². The van der Waals surface area contributed by atoms with Crippen LogP contribution in [0.4, 0.5) is 5.82 Å². The molecule has 6 heteroatoms. The summed E-state index contributed by atoms with van der Waals surface area (Å²) in [7, 11) is 0. The van der Waals surface area contributed by atoms with Crippen LogP contribution in [0.2, 0.25) is 0 Å². The summed E-state index contributed by atoms with van der Waals surface area (Å²) in [6.45, 7) is 4.76. The molecular formula is C13H20N4OS. The molecule has 0 aliphatic heterocycles. The quantitative estimate of drug-likeness (QED) is 0.773. The summed E-state index contributed by atoms with van der Waals surface area (Å²) in [5, 5.41) is 0. The summed E-state index contributed by atoms with van der Waals surface area (Å²) < 4.78 is 0. The lowest BCUT2D eigenvalue weighted by Gasteiger charge is -2.23. The van der Waals surface area contributed by atoms with E-state index in [4.69, 9.17) is 18.0 Å². The Morgan fingerprint density at radius 2 is 2.32 bits per heavy atom. The third-order valence-electron chi connectivity index (χ3n) is 3.17. The zero-order chi connectivity index (χ0) is 14.0. The van der Waals surface area contributed by atoms with E-state index in [1.54, 1.807) is 6.07 Å². The minimum Gasteiger partial charge on any atom is -0.393 e. The Hall–Kier alpha value is -1.43. The highest BCUT2D eigenvalue weighted by molar-refractivity contribution is 7.80. The van der Waals surface area contributed by atoms with Crippen LogP contribution in [0, 0.1) is 0 Å². The minimum absolute atomic E-state index is 0.102. The molecule has 0 atom stereocenters. The third kappa shape index (κ3) is 3.76.